The predicted octanol–water partition coefficient (Wildman–Crippen LogP) is 4.66. The van der Waals surface area contributed by atoms with E-state index in [0.717, 1.165) is 24.3 Å². The van der Waals surface area contributed by atoms with E-state index in [9.17, 15) is 26.4 Å². The van der Waals surface area contributed by atoms with Crippen molar-refractivity contribution < 1.29 is 40.6 Å². The molecule has 0 spiro atoms. The zero-order valence-corrected chi connectivity index (χ0v) is 18.7. The number of rotatable bonds is 8. The van der Waals surface area contributed by atoms with Crippen LogP contribution in [-0.4, -0.2) is 34.9 Å². The standard InChI is InChI=1S/C22H19F3N2O6S/c1-31-19-6-4-3-5-17(19)27-34(29,30)16-11-12-20(32-2)18(13-16)26-21(28)14-7-9-15(10-8-14)33-22(23,24)25/h3-13,27H,1-2H3,(H,26,28). The molecule has 0 heterocycles. The first-order chi connectivity index (χ1) is 16.0. The Morgan fingerprint density at radius 3 is 2.09 bits per heavy atom. The van der Waals surface area contributed by atoms with Gasteiger partial charge in [0.1, 0.15) is 17.2 Å². The molecule has 3 aromatic rings. The molecule has 0 aliphatic heterocycles. The van der Waals surface area contributed by atoms with Crippen LogP contribution in [0.2, 0.25) is 0 Å². The molecule has 0 aromatic heterocycles. The Morgan fingerprint density at radius 1 is 0.853 bits per heavy atom. The molecule has 3 rings (SSSR count). The maximum absolute atomic E-state index is 12.9. The minimum Gasteiger partial charge on any atom is -0.495 e. The quantitative estimate of drug-likeness (QED) is 0.471. The Balaban J connectivity index is 1.84. The average molecular weight is 496 g/mol. The fourth-order valence-electron chi connectivity index (χ4n) is 2.89. The highest BCUT2D eigenvalue weighted by atomic mass is 32.2. The van der Waals surface area contributed by atoms with E-state index in [0.29, 0.717) is 5.75 Å². The summed E-state index contributed by atoms with van der Waals surface area (Å²) in [5.74, 6) is -0.714. The van der Waals surface area contributed by atoms with Gasteiger partial charge in [-0.15, -0.1) is 13.2 Å². The summed E-state index contributed by atoms with van der Waals surface area (Å²) in [5.41, 5.74) is 0.260. The molecule has 0 aliphatic carbocycles. The maximum Gasteiger partial charge on any atom is 0.573 e. The molecule has 0 saturated carbocycles. The van der Waals surface area contributed by atoms with E-state index in [1.54, 1.807) is 18.2 Å². The molecule has 0 radical (unpaired) electrons. The Hall–Kier alpha value is -3.93. The number of anilines is 2. The van der Waals surface area contributed by atoms with Crippen molar-refractivity contribution >= 4 is 27.3 Å². The molecular weight excluding hydrogens is 477 g/mol. The third-order valence-electron chi connectivity index (χ3n) is 4.43. The number of halogens is 3. The molecule has 12 heteroatoms. The first-order valence-electron chi connectivity index (χ1n) is 9.53. The number of hydrogen-bond acceptors (Lipinski definition) is 6. The highest BCUT2D eigenvalue weighted by molar-refractivity contribution is 7.92. The van der Waals surface area contributed by atoms with Gasteiger partial charge in [0.05, 0.1) is 30.5 Å². The van der Waals surface area contributed by atoms with Gasteiger partial charge in [0.2, 0.25) is 0 Å². The van der Waals surface area contributed by atoms with E-state index >= 15 is 0 Å². The molecule has 0 fully saturated rings. The Labute approximate surface area is 193 Å². The van der Waals surface area contributed by atoms with Crippen LogP contribution in [0.15, 0.2) is 71.6 Å². The lowest BCUT2D eigenvalue weighted by molar-refractivity contribution is -0.274. The van der Waals surface area contributed by atoms with Gasteiger partial charge in [0.25, 0.3) is 15.9 Å². The molecule has 2 N–H and O–H groups in total. The number of nitrogens with one attached hydrogen (secondary N) is 2. The summed E-state index contributed by atoms with van der Waals surface area (Å²) in [4.78, 5) is 12.4. The van der Waals surface area contributed by atoms with Crippen LogP contribution in [0.4, 0.5) is 24.5 Å². The number of benzene rings is 3. The highest BCUT2D eigenvalue weighted by Crippen LogP contribution is 2.31. The number of carbonyl (C=O) groups is 1. The van der Waals surface area contributed by atoms with E-state index in [4.69, 9.17) is 9.47 Å². The number of methoxy groups -OCH3 is 2. The Kier molecular flexibility index (Phi) is 7.20. The van der Waals surface area contributed by atoms with Gasteiger partial charge in [0, 0.05) is 5.56 Å². The van der Waals surface area contributed by atoms with Crippen LogP contribution >= 0.6 is 0 Å². The molecule has 0 atom stereocenters. The molecule has 0 unspecified atom stereocenters. The molecule has 34 heavy (non-hydrogen) atoms. The number of alkyl halides is 3. The van der Waals surface area contributed by atoms with Gasteiger partial charge in [-0.25, -0.2) is 8.42 Å². The average Bonchev–Trinajstić information content (AvgIpc) is 2.78. The van der Waals surface area contributed by atoms with Crippen molar-refractivity contribution in [3.63, 3.8) is 0 Å². The van der Waals surface area contributed by atoms with Crippen LogP contribution in [-0.2, 0) is 10.0 Å². The number of carbonyl (C=O) groups excluding carboxylic acids is 1. The number of amides is 1. The van der Waals surface area contributed by atoms with E-state index < -0.39 is 28.0 Å². The number of ether oxygens (including phenoxy) is 3. The third-order valence-corrected chi connectivity index (χ3v) is 5.79. The van der Waals surface area contributed by atoms with Crippen LogP contribution in [0.25, 0.3) is 0 Å². The molecule has 1 amide bonds. The summed E-state index contributed by atoms with van der Waals surface area (Å²) in [7, 11) is -1.35. The lowest BCUT2D eigenvalue weighted by atomic mass is 10.2. The summed E-state index contributed by atoms with van der Waals surface area (Å²) in [6.07, 6.45) is -4.86. The zero-order valence-electron chi connectivity index (χ0n) is 17.8. The summed E-state index contributed by atoms with van der Waals surface area (Å²) in [6.45, 7) is 0. The minimum absolute atomic E-state index is 0.0111. The van der Waals surface area contributed by atoms with E-state index in [1.807, 2.05) is 0 Å². The highest BCUT2D eigenvalue weighted by Gasteiger charge is 2.31. The van der Waals surface area contributed by atoms with Gasteiger partial charge in [0.15, 0.2) is 0 Å². The zero-order chi connectivity index (χ0) is 24.9. The molecule has 180 valence electrons. The first kappa shape index (κ1) is 24.7. The van der Waals surface area contributed by atoms with Crippen molar-refractivity contribution in [2.24, 2.45) is 0 Å². The van der Waals surface area contributed by atoms with Crippen molar-refractivity contribution in [1.29, 1.82) is 0 Å². The van der Waals surface area contributed by atoms with Crippen LogP contribution in [0.3, 0.4) is 0 Å². The van der Waals surface area contributed by atoms with Gasteiger partial charge in [-0.3, -0.25) is 9.52 Å². The number of hydrogen-bond donors (Lipinski definition) is 2. The fourth-order valence-corrected chi connectivity index (χ4v) is 3.98. The third kappa shape index (κ3) is 6.10. The fraction of sp³-hybridized carbons (Fsp3) is 0.136. The summed E-state index contributed by atoms with van der Waals surface area (Å²) < 4.78 is 79.3. The van der Waals surface area contributed by atoms with Crippen LogP contribution in [0.5, 0.6) is 17.2 Å². The topological polar surface area (TPSA) is 103 Å². The molecule has 0 aliphatic rings. The maximum atomic E-state index is 12.9. The van der Waals surface area contributed by atoms with Crippen LogP contribution < -0.4 is 24.2 Å². The number of para-hydroxylation sites is 2. The Morgan fingerprint density at radius 2 is 1.47 bits per heavy atom. The second-order valence-electron chi connectivity index (χ2n) is 6.69. The second-order valence-corrected chi connectivity index (χ2v) is 8.38. The summed E-state index contributed by atoms with van der Waals surface area (Å²) in [6, 6.07) is 14.5. The molecule has 0 saturated heterocycles. The molecular formula is C22H19F3N2O6S. The lowest BCUT2D eigenvalue weighted by Crippen LogP contribution is -2.17. The van der Waals surface area contributed by atoms with Gasteiger partial charge < -0.3 is 19.5 Å². The smallest absolute Gasteiger partial charge is 0.495 e. The van der Waals surface area contributed by atoms with E-state index in [1.165, 1.54) is 38.5 Å². The van der Waals surface area contributed by atoms with Crippen LogP contribution in [0, 0.1) is 0 Å². The molecule has 0 bridgehead atoms. The van der Waals surface area contributed by atoms with Gasteiger partial charge in [-0.2, -0.15) is 0 Å². The second kappa shape index (κ2) is 9.91. The van der Waals surface area contributed by atoms with E-state index in [2.05, 4.69) is 14.8 Å². The van der Waals surface area contributed by atoms with E-state index in [-0.39, 0.29) is 27.6 Å². The van der Waals surface area contributed by atoms with Crippen LogP contribution in [0.1, 0.15) is 10.4 Å². The predicted molar refractivity (Wildman–Crippen MR) is 118 cm³/mol. The molecule has 3 aromatic carbocycles. The first-order valence-corrected chi connectivity index (χ1v) is 11.0. The van der Waals surface area contributed by atoms with Crippen molar-refractivity contribution in [1.82, 2.24) is 0 Å². The minimum atomic E-state index is -4.86. The van der Waals surface area contributed by atoms with Crippen molar-refractivity contribution in [3.8, 4) is 17.2 Å². The summed E-state index contributed by atoms with van der Waals surface area (Å²) in [5, 5.41) is 2.50. The lowest BCUT2D eigenvalue weighted by Gasteiger charge is -2.15. The SMILES string of the molecule is COc1ccc(S(=O)(=O)Nc2ccccc2OC)cc1NC(=O)c1ccc(OC(F)(F)F)cc1. The monoisotopic (exact) mass is 496 g/mol. The van der Waals surface area contributed by atoms with Crippen molar-refractivity contribution in [2.75, 3.05) is 24.3 Å². The number of sulfonamides is 1. The summed E-state index contributed by atoms with van der Waals surface area (Å²) >= 11 is 0. The normalized spacial score (nSPS) is 11.4. The van der Waals surface area contributed by atoms with Gasteiger partial charge >= 0.3 is 6.36 Å². The Bertz CT molecular complexity index is 1280. The van der Waals surface area contributed by atoms with Gasteiger partial charge in [-0.1, -0.05) is 12.1 Å². The van der Waals surface area contributed by atoms with Crippen molar-refractivity contribution in [2.45, 2.75) is 11.3 Å². The molecule has 8 nitrogen and oxygen atoms in total. The van der Waals surface area contributed by atoms with Gasteiger partial charge in [-0.05, 0) is 54.6 Å². The largest absolute Gasteiger partial charge is 0.573 e. The van der Waals surface area contributed by atoms with Crippen molar-refractivity contribution in [3.05, 3.63) is 72.3 Å².